The van der Waals surface area contributed by atoms with Crippen LogP contribution in [0.2, 0.25) is 0 Å². The van der Waals surface area contributed by atoms with E-state index in [4.69, 9.17) is 9.47 Å². The Hall–Kier alpha value is -3.59. The van der Waals surface area contributed by atoms with Crippen molar-refractivity contribution >= 4 is 11.9 Å². The molecule has 2 heterocycles. The number of nitrogens with one attached hydrogen (secondary N) is 1. The number of nitrogens with zero attached hydrogens (tertiary/aromatic N) is 1. The fourth-order valence-corrected chi connectivity index (χ4v) is 5.41. The van der Waals surface area contributed by atoms with Crippen molar-refractivity contribution < 1.29 is 32.2 Å². The lowest BCUT2D eigenvalue weighted by Crippen LogP contribution is -2.37. The van der Waals surface area contributed by atoms with Crippen LogP contribution in [0.25, 0.3) is 0 Å². The van der Waals surface area contributed by atoms with Gasteiger partial charge in [-0.1, -0.05) is 55.0 Å². The van der Waals surface area contributed by atoms with Crippen molar-refractivity contribution in [2.24, 2.45) is 0 Å². The molecule has 1 fully saturated rings. The molecule has 2 unspecified atom stereocenters. The first kappa shape index (κ1) is 28.4. The Morgan fingerprint density at radius 3 is 2.13 bits per heavy atom. The number of piperidine rings is 1. The van der Waals surface area contributed by atoms with Gasteiger partial charge in [-0.15, -0.1) is 0 Å². The van der Waals surface area contributed by atoms with Gasteiger partial charge in [0.1, 0.15) is 6.10 Å². The van der Waals surface area contributed by atoms with Gasteiger partial charge in [-0.25, -0.2) is 9.59 Å². The molecule has 1 saturated heterocycles. The minimum absolute atomic E-state index is 0.0581. The Bertz CT molecular complexity index is 1260. The molecule has 0 bridgehead atoms. The molecule has 2 atom stereocenters. The first-order chi connectivity index (χ1) is 18.6. The molecule has 2 aliphatic rings. The number of methoxy groups -OCH3 is 1. The largest absolute Gasteiger partial charge is 0.466 e. The highest BCUT2D eigenvalue weighted by molar-refractivity contribution is 6.00. The lowest BCUT2D eigenvalue weighted by atomic mass is 9.78. The molecule has 2 aromatic carbocycles. The summed E-state index contributed by atoms with van der Waals surface area (Å²) in [4.78, 5) is 29.1. The number of hydrogen-bond acceptors (Lipinski definition) is 6. The fraction of sp³-hybridized carbons (Fsp3) is 0.400. The van der Waals surface area contributed by atoms with Crippen molar-refractivity contribution in [3.63, 3.8) is 0 Å². The van der Waals surface area contributed by atoms with Gasteiger partial charge >= 0.3 is 18.1 Å². The second-order valence-electron chi connectivity index (χ2n) is 9.88. The average molecular weight is 543 g/mol. The normalized spacial score (nSPS) is 19.4. The maximum atomic E-state index is 14.1. The van der Waals surface area contributed by atoms with Crippen LogP contribution in [0.3, 0.4) is 0 Å². The first-order valence-corrected chi connectivity index (χ1v) is 13.0. The van der Waals surface area contributed by atoms with E-state index in [9.17, 15) is 22.8 Å². The summed E-state index contributed by atoms with van der Waals surface area (Å²) < 4.78 is 53.5. The first-order valence-electron chi connectivity index (χ1n) is 13.0. The molecule has 0 spiro atoms. The highest BCUT2D eigenvalue weighted by Gasteiger charge is 2.43. The molecule has 6 nitrogen and oxygen atoms in total. The lowest BCUT2D eigenvalue weighted by Gasteiger charge is -2.34. The van der Waals surface area contributed by atoms with Gasteiger partial charge in [-0.05, 0) is 57.0 Å². The van der Waals surface area contributed by atoms with E-state index < -0.39 is 35.7 Å². The van der Waals surface area contributed by atoms with Gasteiger partial charge in [0.25, 0.3) is 0 Å². The van der Waals surface area contributed by atoms with Gasteiger partial charge < -0.3 is 14.8 Å². The van der Waals surface area contributed by atoms with Crippen LogP contribution < -0.4 is 5.32 Å². The predicted molar refractivity (Wildman–Crippen MR) is 140 cm³/mol. The third-order valence-corrected chi connectivity index (χ3v) is 7.26. The minimum Gasteiger partial charge on any atom is -0.466 e. The van der Waals surface area contributed by atoms with E-state index in [2.05, 4.69) is 10.2 Å². The van der Waals surface area contributed by atoms with Crippen molar-refractivity contribution in [2.75, 3.05) is 26.7 Å². The summed E-state index contributed by atoms with van der Waals surface area (Å²) in [5.41, 5.74) is 0.131. The number of carbonyl (C=O) groups is 2. The van der Waals surface area contributed by atoms with Gasteiger partial charge in [0, 0.05) is 17.9 Å². The molecule has 208 valence electrons. The van der Waals surface area contributed by atoms with Crippen molar-refractivity contribution in [2.45, 2.75) is 51.3 Å². The summed E-state index contributed by atoms with van der Waals surface area (Å²) in [5, 5.41) is 2.99. The number of alkyl halides is 3. The number of esters is 2. The van der Waals surface area contributed by atoms with E-state index in [-0.39, 0.29) is 16.7 Å². The topological polar surface area (TPSA) is 67.9 Å². The molecule has 0 aromatic heterocycles. The summed E-state index contributed by atoms with van der Waals surface area (Å²) >= 11 is 0. The second-order valence-corrected chi connectivity index (χ2v) is 9.88. The third-order valence-electron chi connectivity index (χ3n) is 7.26. The molecule has 0 amide bonds. The second kappa shape index (κ2) is 12.1. The van der Waals surface area contributed by atoms with Gasteiger partial charge in [-0.2, -0.15) is 13.2 Å². The number of dihydropyridines is 1. The van der Waals surface area contributed by atoms with Gasteiger partial charge in [0.2, 0.25) is 0 Å². The Morgan fingerprint density at radius 1 is 0.923 bits per heavy atom. The van der Waals surface area contributed by atoms with E-state index in [0.717, 1.165) is 51.1 Å². The van der Waals surface area contributed by atoms with Gasteiger partial charge in [-0.3, -0.25) is 4.90 Å². The van der Waals surface area contributed by atoms with Crippen LogP contribution >= 0.6 is 0 Å². The zero-order valence-electron chi connectivity index (χ0n) is 22.3. The summed E-state index contributed by atoms with van der Waals surface area (Å²) in [5.74, 6) is -2.95. The number of carbonyl (C=O) groups excluding carboxylic acids is 2. The van der Waals surface area contributed by atoms with Crippen molar-refractivity contribution in [3.05, 3.63) is 93.8 Å². The van der Waals surface area contributed by atoms with Crippen LogP contribution in [0.4, 0.5) is 13.2 Å². The van der Waals surface area contributed by atoms with Crippen LogP contribution in [0.15, 0.2) is 77.1 Å². The smallest absolute Gasteiger partial charge is 0.416 e. The zero-order valence-corrected chi connectivity index (χ0v) is 22.3. The molecular weight excluding hydrogens is 509 g/mol. The van der Waals surface area contributed by atoms with Crippen molar-refractivity contribution in [1.82, 2.24) is 10.2 Å². The highest BCUT2D eigenvalue weighted by atomic mass is 19.4. The van der Waals surface area contributed by atoms with Crippen LogP contribution in [0, 0.1) is 0 Å². The standard InChI is InChI=1S/C30H33F3N2O4/c1-19-25(28(36)38-3)27(22-14-8-9-15-23(22)30(31,32)33)26(20(2)34-19)29(37)39-24(21-12-6-4-7-13-21)18-35-16-10-5-11-17-35/h4,6-9,12-15,24,27,34H,5,10-11,16-18H2,1-3H3. The van der Waals surface area contributed by atoms with Crippen LogP contribution in [-0.2, 0) is 25.2 Å². The fourth-order valence-electron chi connectivity index (χ4n) is 5.41. The number of rotatable bonds is 7. The van der Waals surface area contributed by atoms with Crippen molar-refractivity contribution in [1.29, 1.82) is 0 Å². The molecule has 4 rings (SSSR count). The summed E-state index contributed by atoms with van der Waals surface area (Å²) in [6.07, 6.45) is -2.12. The van der Waals surface area contributed by atoms with E-state index >= 15 is 0 Å². The van der Waals surface area contributed by atoms with Crippen molar-refractivity contribution in [3.8, 4) is 0 Å². The summed E-state index contributed by atoms with van der Waals surface area (Å²) in [6.45, 7) is 5.38. The van der Waals surface area contributed by atoms with E-state index in [1.54, 1.807) is 13.8 Å². The molecule has 39 heavy (non-hydrogen) atoms. The van der Waals surface area contributed by atoms with Gasteiger partial charge in [0.05, 0.1) is 29.7 Å². The number of ether oxygens (including phenoxy) is 2. The highest BCUT2D eigenvalue weighted by Crippen LogP contribution is 2.44. The summed E-state index contributed by atoms with van der Waals surface area (Å²) in [6, 6.07) is 14.3. The average Bonchev–Trinajstić information content (AvgIpc) is 2.92. The zero-order chi connectivity index (χ0) is 28.2. The molecule has 2 aromatic rings. The van der Waals surface area contributed by atoms with E-state index in [0.29, 0.717) is 17.9 Å². The number of likely N-dealkylation sites (tertiary alicyclic amines) is 1. The predicted octanol–water partition coefficient (Wildman–Crippen LogP) is 5.88. The molecule has 2 aliphatic heterocycles. The Labute approximate surface area is 226 Å². The maximum Gasteiger partial charge on any atom is 0.416 e. The third kappa shape index (κ3) is 6.36. The van der Waals surface area contributed by atoms with Gasteiger partial charge in [0.15, 0.2) is 0 Å². The quantitative estimate of drug-likeness (QED) is 0.441. The number of benzene rings is 2. The van der Waals surface area contributed by atoms with Crippen LogP contribution in [-0.4, -0.2) is 43.6 Å². The lowest BCUT2D eigenvalue weighted by molar-refractivity contribution is -0.147. The maximum absolute atomic E-state index is 14.1. The number of halogens is 3. The number of hydrogen-bond donors (Lipinski definition) is 1. The monoisotopic (exact) mass is 542 g/mol. The molecule has 0 aliphatic carbocycles. The number of allylic oxidation sites excluding steroid dienone is 2. The summed E-state index contributed by atoms with van der Waals surface area (Å²) in [7, 11) is 1.16. The molecular formula is C30H33F3N2O4. The minimum atomic E-state index is -4.71. The van der Waals surface area contributed by atoms with Crippen LogP contribution in [0.1, 0.15) is 61.8 Å². The van der Waals surface area contributed by atoms with E-state index in [1.165, 1.54) is 18.2 Å². The Kier molecular flexibility index (Phi) is 8.80. The molecule has 1 N–H and O–H groups in total. The molecule has 9 heteroatoms. The molecule has 0 saturated carbocycles. The SMILES string of the molecule is COC(=O)C1=C(C)NC(C)=C(C(=O)OC(CN2CCCCC2)c2ccccc2)C1c1ccccc1C(F)(F)F. The Morgan fingerprint density at radius 2 is 1.51 bits per heavy atom. The molecule has 0 radical (unpaired) electrons. The Balaban J connectivity index is 1.78. The van der Waals surface area contributed by atoms with E-state index in [1.807, 2.05) is 30.3 Å². The van der Waals surface area contributed by atoms with Crippen LogP contribution in [0.5, 0.6) is 0 Å².